The molecule has 0 heterocycles. The van der Waals surface area contributed by atoms with Crippen molar-refractivity contribution in [2.75, 3.05) is 25.1 Å². The Balaban J connectivity index is 1.90. The Morgan fingerprint density at radius 2 is 1.66 bits per heavy atom. The monoisotopic (exact) mass is 516 g/mol. The number of sulfonamides is 1. The van der Waals surface area contributed by atoms with Crippen LogP contribution >= 0.6 is 11.6 Å². The molecule has 0 aliphatic rings. The molecule has 0 bridgehead atoms. The molecule has 1 atom stereocenters. The molecule has 0 aromatic heterocycles. The summed E-state index contributed by atoms with van der Waals surface area (Å²) in [6, 6.07) is 17.7. The predicted molar refractivity (Wildman–Crippen MR) is 138 cm³/mol. The number of anilines is 1. The van der Waals surface area contributed by atoms with E-state index < -0.39 is 22.5 Å². The van der Waals surface area contributed by atoms with Gasteiger partial charge in [-0.05, 0) is 79.1 Å². The number of ether oxygens (including phenoxy) is 2. The van der Waals surface area contributed by atoms with Crippen molar-refractivity contribution in [1.29, 1.82) is 0 Å². The fraction of sp³-hybridized carbons (Fsp3) is 0.269. The molecule has 186 valence electrons. The Kier molecular flexibility index (Phi) is 8.64. The number of halogens is 1. The third-order valence-corrected chi connectivity index (χ3v) is 7.65. The zero-order chi connectivity index (χ0) is 25.6. The van der Waals surface area contributed by atoms with E-state index in [2.05, 4.69) is 5.32 Å². The van der Waals surface area contributed by atoms with Crippen LogP contribution in [0.2, 0.25) is 5.02 Å². The van der Waals surface area contributed by atoms with Gasteiger partial charge >= 0.3 is 0 Å². The van der Waals surface area contributed by atoms with Crippen LogP contribution < -0.4 is 19.1 Å². The largest absolute Gasteiger partial charge is 0.497 e. The number of benzene rings is 3. The third kappa shape index (κ3) is 6.26. The molecule has 3 aromatic rings. The summed E-state index contributed by atoms with van der Waals surface area (Å²) in [5.74, 6) is 0.854. The number of hydrogen-bond donors (Lipinski definition) is 1. The van der Waals surface area contributed by atoms with Crippen LogP contribution in [0.15, 0.2) is 71.6 Å². The standard InChI is InChI=1S/C26H29ClN2O5S/c1-5-24(19-6-15-25(34-4)18(2)16-19)28-26(30)17-29(21-9-7-20(27)8-10-21)35(31,32)23-13-11-22(33-3)12-14-23/h6-16,24H,5,17H2,1-4H3,(H,28,30)/t24-/m0/s1. The van der Waals surface area contributed by atoms with E-state index in [4.69, 9.17) is 21.1 Å². The average Bonchev–Trinajstić information content (AvgIpc) is 2.86. The van der Waals surface area contributed by atoms with Crippen LogP contribution in [0.4, 0.5) is 5.69 Å². The number of carbonyl (C=O) groups excluding carboxylic acids is 1. The van der Waals surface area contributed by atoms with E-state index in [-0.39, 0.29) is 10.9 Å². The van der Waals surface area contributed by atoms with Crippen molar-refractivity contribution in [1.82, 2.24) is 5.32 Å². The molecule has 0 spiro atoms. The van der Waals surface area contributed by atoms with Crippen LogP contribution in [0.3, 0.4) is 0 Å². The molecule has 0 unspecified atom stereocenters. The van der Waals surface area contributed by atoms with E-state index in [1.165, 1.54) is 19.2 Å². The number of nitrogens with one attached hydrogen (secondary N) is 1. The van der Waals surface area contributed by atoms with Crippen molar-refractivity contribution >= 4 is 33.2 Å². The smallest absolute Gasteiger partial charge is 0.264 e. The van der Waals surface area contributed by atoms with Crippen molar-refractivity contribution in [3.05, 3.63) is 82.9 Å². The summed E-state index contributed by atoms with van der Waals surface area (Å²) in [5.41, 5.74) is 2.19. The maximum atomic E-state index is 13.6. The van der Waals surface area contributed by atoms with E-state index in [0.29, 0.717) is 22.9 Å². The minimum atomic E-state index is -4.05. The summed E-state index contributed by atoms with van der Waals surface area (Å²) < 4.78 is 38.6. The second kappa shape index (κ2) is 11.5. The average molecular weight is 517 g/mol. The highest BCUT2D eigenvalue weighted by Gasteiger charge is 2.28. The maximum absolute atomic E-state index is 13.6. The highest BCUT2D eigenvalue weighted by atomic mass is 35.5. The zero-order valence-corrected chi connectivity index (χ0v) is 21.7. The highest BCUT2D eigenvalue weighted by molar-refractivity contribution is 7.92. The van der Waals surface area contributed by atoms with E-state index in [1.54, 1.807) is 43.5 Å². The molecule has 9 heteroatoms. The molecule has 0 aliphatic carbocycles. The molecular weight excluding hydrogens is 488 g/mol. The van der Waals surface area contributed by atoms with Crippen LogP contribution in [0.5, 0.6) is 11.5 Å². The first-order valence-electron chi connectivity index (χ1n) is 11.1. The van der Waals surface area contributed by atoms with Gasteiger partial charge in [0.2, 0.25) is 5.91 Å². The third-order valence-electron chi connectivity index (χ3n) is 5.61. The van der Waals surface area contributed by atoms with Gasteiger partial charge in [-0.2, -0.15) is 0 Å². The van der Waals surface area contributed by atoms with Gasteiger partial charge in [0.05, 0.1) is 30.8 Å². The van der Waals surface area contributed by atoms with Crippen LogP contribution in [0, 0.1) is 6.92 Å². The molecule has 0 saturated carbocycles. The molecule has 35 heavy (non-hydrogen) atoms. The van der Waals surface area contributed by atoms with Crippen molar-refractivity contribution < 1.29 is 22.7 Å². The molecule has 0 fully saturated rings. The van der Waals surface area contributed by atoms with Crippen LogP contribution in [-0.2, 0) is 14.8 Å². The summed E-state index contributed by atoms with van der Waals surface area (Å²) in [6.07, 6.45) is 0.629. The highest BCUT2D eigenvalue weighted by Crippen LogP contribution is 2.27. The number of hydrogen-bond acceptors (Lipinski definition) is 5. The lowest BCUT2D eigenvalue weighted by Gasteiger charge is -2.26. The van der Waals surface area contributed by atoms with Crippen molar-refractivity contribution in [2.24, 2.45) is 0 Å². The summed E-state index contributed by atoms with van der Waals surface area (Å²) in [7, 11) is -0.943. The van der Waals surface area contributed by atoms with E-state index in [1.807, 2.05) is 32.0 Å². The van der Waals surface area contributed by atoms with Crippen LogP contribution in [-0.4, -0.2) is 35.1 Å². The molecule has 3 aromatic carbocycles. The molecule has 1 amide bonds. The minimum Gasteiger partial charge on any atom is -0.497 e. The lowest BCUT2D eigenvalue weighted by atomic mass is 10.0. The van der Waals surface area contributed by atoms with Gasteiger partial charge in [-0.25, -0.2) is 8.42 Å². The Morgan fingerprint density at radius 1 is 1.00 bits per heavy atom. The number of aryl methyl sites for hydroxylation is 1. The SMILES string of the molecule is CC[C@H](NC(=O)CN(c1ccc(Cl)cc1)S(=O)(=O)c1ccc(OC)cc1)c1ccc(OC)c(C)c1. The lowest BCUT2D eigenvalue weighted by Crippen LogP contribution is -2.42. The first kappa shape index (κ1) is 26.4. The van der Waals surface area contributed by atoms with Gasteiger partial charge in [0.25, 0.3) is 10.0 Å². The molecule has 0 aliphatic heterocycles. The van der Waals surface area contributed by atoms with E-state index >= 15 is 0 Å². The Labute approximate surface area is 211 Å². The summed E-state index contributed by atoms with van der Waals surface area (Å²) in [5, 5.41) is 3.43. The number of methoxy groups -OCH3 is 2. The van der Waals surface area contributed by atoms with Crippen molar-refractivity contribution in [3.8, 4) is 11.5 Å². The Morgan fingerprint density at radius 3 is 2.20 bits per heavy atom. The summed E-state index contributed by atoms with van der Waals surface area (Å²) in [6.45, 7) is 3.48. The topological polar surface area (TPSA) is 84.9 Å². The van der Waals surface area contributed by atoms with Crippen molar-refractivity contribution in [2.45, 2.75) is 31.2 Å². The first-order valence-corrected chi connectivity index (χ1v) is 12.9. The van der Waals surface area contributed by atoms with Gasteiger partial charge in [-0.15, -0.1) is 0 Å². The van der Waals surface area contributed by atoms with Crippen LogP contribution in [0.25, 0.3) is 0 Å². The van der Waals surface area contributed by atoms with E-state index in [9.17, 15) is 13.2 Å². The van der Waals surface area contributed by atoms with Gasteiger partial charge in [0.15, 0.2) is 0 Å². The zero-order valence-electron chi connectivity index (χ0n) is 20.1. The molecule has 3 rings (SSSR count). The quantitative estimate of drug-likeness (QED) is 0.404. The summed E-state index contributed by atoms with van der Waals surface area (Å²) in [4.78, 5) is 13.2. The van der Waals surface area contributed by atoms with Gasteiger partial charge < -0.3 is 14.8 Å². The van der Waals surface area contributed by atoms with Gasteiger partial charge in [-0.3, -0.25) is 9.10 Å². The number of rotatable bonds is 10. The summed E-state index contributed by atoms with van der Waals surface area (Å²) >= 11 is 6.01. The van der Waals surface area contributed by atoms with Crippen LogP contribution in [0.1, 0.15) is 30.5 Å². The van der Waals surface area contributed by atoms with Gasteiger partial charge in [0, 0.05) is 5.02 Å². The van der Waals surface area contributed by atoms with E-state index in [0.717, 1.165) is 21.2 Å². The molecule has 0 saturated heterocycles. The molecule has 7 nitrogen and oxygen atoms in total. The first-order chi connectivity index (χ1) is 16.7. The van der Waals surface area contributed by atoms with Crippen molar-refractivity contribution in [3.63, 3.8) is 0 Å². The molecule has 1 N–H and O–H groups in total. The Hall–Kier alpha value is -3.23. The predicted octanol–water partition coefficient (Wildman–Crippen LogP) is 5.13. The number of nitrogens with zero attached hydrogens (tertiary/aromatic N) is 1. The normalized spacial score (nSPS) is 12.0. The molecular formula is C26H29ClN2O5S. The Bertz CT molecular complexity index is 1260. The molecule has 0 radical (unpaired) electrons. The fourth-order valence-corrected chi connectivity index (χ4v) is 5.25. The van der Waals surface area contributed by atoms with Gasteiger partial charge in [0.1, 0.15) is 18.0 Å². The minimum absolute atomic E-state index is 0.0406. The maximum Gasteiger partial charge on any atom is 0.264 e. The second-order valence-corrected chi connectivity index (χ2v) is 10.2. The second-order valence-electron chi connectivity index (χ2n) is 7.92. The number of amides is 1. The lowest BCUT2D eigenvalue weighted by molar-refractivity contribution is -0.120. The number of carbonyl (C=O) groups is 1. The van der Waals surface area contributed by atoms with Gasteiger partial charge in [-0.1, -0.05) is 30.7 Å². The fourth-order valence-electron chi connectivity index (χ4n) is 3.71.